The Hall–Kier alpha value is -0.580. The number of aliphatic hydroxyl groups excluding tert-OH is 1. The van der Waals surface area contributed by atoms with Gasteiger partial charge >= 0.3 is 0 Å². The highest BCUT2D eigenvalue weighted by Crippen LogP contribution is 2.20. The molecule has 1 unspecified atom stereocenters. The van der Waals surface area contributed by atoms with E-state index in [9.17, 15) is 5.11 Å². The van der Waals surface area contributed by atoms with E-state index in [0.717, 1.165) is 42.3 Å². The van der Waals surface area contributed by atoms with Gasteiger partial charge in [0.25, 0.3) is 0 Å². The number of nitrogens with one attached hydrogen (secondary N) is 1. The number of halogens is 1. The van der Waals surface area contributed by atoms with Gasteiger partial charge in [-0.2, -0.15) is 5.10 Å². The SMILES string of the molecule is CCNC(C)(CO)CCCn1nc(C)c(Cl)c1C. The van der Waals surface area contributed by atoms with Crippen molar-refractivity contribution in [3.63, 3.8) is 0 Å². The van der Waals surface area contributed by atoms with Crippen LogP contribution in [0.4, 0.5) is 0 Å². The summed E-state index contributed by atoms with van der Waals surface area (Å²) in [6.07, 6.45) is 1.87. The fourth-order valence-electron chi connectivity index (χ4n) is 2.16. The maximum absolute atomic E-state index is 9.41. The Morgan fingerprint density at radius 3 is 2.56 bits per heavy atom. The highest BCUT2D eigenvalue weighted by atomic mass is 35.5. The van der Waals surface area contributed by atoms with Gasteiger partial charge in [-0.3, -0.25) is 4.68 Å². The largest absolute Gasteiger partial charge is 0.394 e. The molecule has 104 valence electrons. The summed E-state index contributed by atoms with van der Waals surface area (Å²) in [6.45, 7) is 9.85. The lowest BCUT2D eigenvalue weighted by Gasteiger charge is -2.28. The van der Waals surface area contributed by atoms with Crippen molar-refractivity contribution < 1.29 is 5.11 Å². The molecule has 0 amide bonds. The predicted molar refractivity (Wildman–Crippen MR) is 75.1 cm³/mol. The van der Waals surface area contributed by atoms with E-state index in [0.29, 0.717) is 0 Å². The fourth-order valence-corrected chi connectivity index (χ4v) is 2.30. The van der Waals surface area contributed by atoms with Crippen LogP contribution in [0.15, 0.2) is 0 Å². The maximum atomic E-state index is 9.41. The summed E-state index contributed by atoms with van der Waals surface area (Å²) in [7, 11) is 0. The predicted octanol–water partition coefficient (Wildman–Crippen LogP) is 2.29. The van der Waals surface area contributed by atoms with Gasteiger partial charge in [-0.05, 0) is 40.2 Å². The number of rotatable bonds is 7. The highest BCUT2D eigenvalue weighted by Gasteiger charge is 2.21. The molecular formula is C13H24ClN3O. The molecule has 5 heteroatoms. The topological polar surface area (TPSA) is 50.1 Å². The number of hydrogen-bond acceptors (Lipinski definition) is 3. The number of aliphatic hydroxyl groups is 1. The van der Waals surface area contributed by atoms with Crippen LogP contribution in [0.25, 0.3) is 0 Å². The summed E-state index contributed by atoms with van der Waals surface area (Å²) < 4.78 is 1.95. The summed E-state index contributed by atoms with van der Waals surface area (Å²) in [5.41, 5.74) is 1.70. The van der Waals surface area contributed by atoms with Crippen LogP contribution in [0.3, 0.4) is 0 Å². The molecule has 0 aromatic carbocycles. The van der Waals surface area contributed by atoms with Gasteiger partial charge in [0, 0.05) is 12.1 Å². The van der Waals surface area contributed by atoms with Gasteiger partial charge in [0.2, 0.25) is 0 Å². The summed E-state index contributed by atoms with van der Waals surface area (Å²) in [6, 6.07) is 0. The molecule has 1 heterocycles. The van der Waals surface area contributed by atoms with Crippen molar-refractivity contribution in [2.45, 2.75) is 52.6 Å². The van der Waals surface area contributed by atoms with Crippen molar-refractivity contribution in [1.82, 2.24) is 15.1 Å². The van der Waals surface area contributed by atoms with E-state index in [4.69, 9.17) is 11.6 Å². The Morgan fingerprint density at radius 1 is 1.44 bits per heavy atom. The van der Waals surface area contributed by atoms with Crippen molar-refractivity contribution in [1.29, 1.82) is 0 Å². The van der Waals surface area contributed by atoms with Crippen LogP contribution < -0.4 is 5.32 Å². The first-order valence-electron chi connectivity index (χ1n) is 6.49. The van der Waals surface area contributed by atoms with E-state index in [1.807, 2.05) is 25.5 Å². The summed E-state index contributed by atoms with van der Waals surface area (Å²) in [5.74, 6) is 0. The summed E-state index contributed by atoms with van der Waals surface area (Å²) in [5, 5.41) is 17.9. The van der Waals surface area contributed by atoms with Crippen LogP contribution in [0.2, 0.25) is 5.02 Å². The first kappa shape index (κ1) is 15.5. The van der Waals surface area contributed by atoms with Crippen molar-refractivity contribution in [2.24, 2.45) is 0 Å². The second-order valence-electron chi connectivity index (χ2n) is 5.06. The molecule has 18 heavy (non-hydrogen) atoms. The third-order valence-electron chi connectivity index (χ3n) is 3.34. The minimum absolute atomic E-state index is 0.152. The molecule has 0 aliphatic rings. The smallest absolute Gasteiger partial charge is 0.0844 e. The Kier molecular flexibility index (Phi) is 5.63. The minimum atomic E-state index is -0.200. The van der Waals surface area contributed by atoms with E-state index in [-0.39, 0.29) is 12.1 Å². The van der Waals surface area contributed by atoms with Crippen LogP contribution in [0.5, 0.6) is 0 Å². The molecule has 0 bridgehead atoms. The van der Waals surface area contributed by atoms with Crippen LogP contribution in [-0.2, 0) is 6.54 Å². The molecular weight excluding hydrogens is 250 g/mol. The summed E-state index contributed by atoms with van der Waals surface area (Å²) >= 11 is 6.11. The fraction of sp³-hybridized carbons (Fsp3) is 0.769. The number of nitrogens with zero attached hydrogens (tertiary/aromatic N) is 2. The van der Waals surface area contributed by atoms with Gasteiger partial charge in [0.15, 0.2) is 0 Å². The lowest BCUT2D eigenvalue weighted by atomic mass is 9.97. The van der Waals surface area contributed by atoms with E-state index >= 15 is 0 Å². The third kappa shape index (κ3) is 3.70. The molecule has 2 N–H and O–H groups in total. The number of aryl methyl sites for hydroxylation is 2. The highest BCUT2D eigenvalue weighted by molar-refractivity contribution is 6.31. The second kappa shape index (κ2) is 6.55. The van der Waals surface area contributed by atoms with Crippen LogP contribution in [-0.4, -0.2) is 33.6 Å². The molecule has 1 atom stereocenters. The monoisotopic (exact) mass is 273 g/mol. The zero-order chi connectivity index (χ0) is 13.8. The van der Waals surface area contributed by atoms with Gasteiger partial charge in [0.1, 0.15) is 0 Å². The molecule has 0 spiro atoms. The molecule has 1 rings (SSSR count). The van der Waals surface area contributed by atoms with Gasteiger partial charge in [0.05, 0.1) is 23.0 Å². The van der Waals surface area contributed by atoms with Crippen molar-refractivity contribution in [3.8, 4) is 0 Å². The van der Waals surface area contributed by atoms with Crippen LogP contribution >= 0.6 is 11.6 Å². The molecule has 4 nitrogen and oxygen atoms in total. The van der Waals surface area contributed by atoms with Crippen molar-refractivity contribution in [2.75, 3.05) is 13.2 Å². The van der Waals surface area contributed by atoms with Gasteiger partial charge in [-0.1, -0.05) is 18.5 Å². The first-order valence-corrected chi connectivity index (χ1v) is 6.86. The molecule has 1 aromatic rings. The van der Waals surface area contributed by atoms with Gasteiger partial charge in [-0.25, -0.2) is 0 Å². The molecule has 0 fully saturated rings. The zero-order valence-corrected chi connectivity index (χ0v) is 12.5. The zero-order valence-electron chi connectivity index (χ0n) is 11.8. The van der Waals surface area contributed by atoms with E-state index < -0.39 is 0 Å². The standard InChI is InChI=1S/C13H24ClN3O/c1-5-15-13(4,9-18)7-6-8-17-11(3)12(14)10(2)16-17/h15,18H,5-9H2,1-4H3. The summed E-state index contributed by atoms with van der Waals surface area (Å²) in [4.78, 5) is 0. The van der Waals surface area contributed by atoms with Crippen LogP contribution in [0.1, 0.15) is 38.1 Å². The molecule has 0 radical (unpaired) electrons. The van der Waals surface area contributed by atoms with E-state index in [1.54, 1.807) is 0 Å². The second-order valence-corrected chi connectivity index (χ2v) is 5.44. The van der Waals surface area contributed by atoms with Crippen molar-refractivity contribution >= 4 is 11.6 Å². The first-order chi connectivity index (χ1) is 8.43. The third-order valence-corrected chi connectivity index (χ3v) is 3.89. The minimum Gasteiger partial charge on any atom is -0.394 e. The lowest BCUT2D eigenvalue weighted by molar-refractivity contribution is 0.163. The maximum Gasteiger partial charge on any atom is 0.0844 e. The average molecular weight is 274 g/mol. The lowest BCUT2D eigenvalue weighted by Crippen LogP contribution is -2.45. The molecule has 0 saturated carbocycles. The van der Waals surface area contributed by atoms with Gasteiger partial charge in [-0.15, -0.1) is 0 Å². The molecule has 0 saturated heterocycles. The van der Waals surface area contributed by atoms with Gasteiger partial charge < -0.3 is 10.4 Å². The Labute approximate surface area is 114 Å². The Balaban J connectivity index is 2.53. The van der Waals surface area contributed by atoms with E-state index in [1.165, 1.54) is 0 Å². The molecule has 0 aliphatic heterocycles. The Bertz CT molecular complexity index is 392. The molecule has 1 aromatic heterocycles. The average Bonchev–Trinajstić information content (AvgIpc) is 2.57. The van der Waals surface area contributed by atoms with Crippen molar-refractivity contribution in [3.05, 3.63) is 16.4 Å². The Morgan fingerprint density at radius 2 is 2.11 bits per heavy atom. The van der Waals surface area contributed by atoms with Crippen LogP contribution in [0, 0.1) is 13.8 Å². The molecule has 0 aliphatic carbocycles. The number of likely N-dealkylation sites (N-methyl/N-ethyl adjacent to an activating group) is 1. The normalized spacial score (nSPS) is 14.8. The van der Waals surface area contributed by atoms with E-state index in [2.05, 4.69) is 17.3 Å². The number of aromatic nitrogens is 2. The number of hydrogen-bond donors (Lipinski definition) is 2. The quantitative estimate of drug-likeness (QED) is 0.801.